The van der Waals surface area contributed by atoms with E-state index in [4.69, 9.17) is 4.74 Å². The second-order valence-electron chi connectivity index (χ2n) is 6.48. The number of rotatable bonds is 3. The molecule has 0 unspecified atom stereocenters. The summed E-state index contributed by atoms with van der Waals surface area (Å²) in [5.41, 5.74) is 1.25. The smallest absolute Gasteiger partial charge is 0.165 e. The minimum Gasteiger partial charge on any atom is -0.508 e. The maximum atomic E-state index is 13.7. The summed E-state index contributed by atoms with van der Waals surface area (Å²) in [6.07, 6.45) is 0.693. The predicted octanol–water partition coefficient (Wildman–Crippen LogP) is 3.38. The number of hydrogen-bond acceptors (Lipinski definition) is 5. The van der Waals surface area contributed by atoms with E-state index in [1.807, 2.05) is 18.2 Å². The van der Waals surface area contributed by atoms with Gasteiger partial charge in [0.25, 0.3) is 0 Å². The zero-order chi connectivity index (χ0) is 19.3. The molecule has 6 heteroatoms. The van der Waals surface area contributed by atoms with Crippen molar-refractivity contribution in [3.8, 4) is 23.3 Å². The number of halogens is 1. The first-order chi connectivity index (χ1) is 13.7. The van der Waals surface area contributed by atoms with Gasteiger partial charge in [-0.1, -0.05) is 24.1 Å². The first kappa shape index (κ1) is 17.8. The van der Waals surface area contributed by atoms with Crippen LogP contribution in [0, 0.1) is 17.7 Å². The average molecular weight is 375 g/mol. The van der Waals surface area contributed by atoms with Crippen LogP contribution in [0.15, 0.2) is 60.7 Å². The molecule has 1 saturated heterocycles. The number of phenols is 1. The van der Waals surface area contributed by atoms with Crippen molar-refractivity contribution < 1.29 is 14.2 Å². The van der Waals surface area contributed by atoms with Crippen molar-refractivity contribution in [2.24, 2.45) is 0 Å². The van der Waals surface area contributed by atoms with Crippen molar-refractivity contribution >= 4 is 5.82 Å². The molecule has 2 heterocycles. The van der Waals surface area contributed by atoms with Crippen LogP contribution in [0.25, 0.3) is 0 Å². The molecule has 1 N–H and O–H groups in total. The molecule has 140 valence electrons. The van der Waals surface area contributed by atoms with Gasteiger partial charge >= 0.3 is 0 Å². The SMILES string of the molecule is Oc1cccc(C#Cc2ccc(N3CC[C@@H](Oc4ccccc4F)C3)nn2)c1. The number of ether oxygens (including phenoxy) is 1. The monoisotopic (exact) mass is 375 g/mol. The quantitative estimate of drug-likeness (QED) is 0.712. The Kier molecular flexibility index (Phi) is 5.07. The van der Waals surface area contributed by atoms with Gasteiger partial charge in [-0.15, -0.1) is 10.2 Å². The van der Waals surface area contributed by atoms with E-state index in [1.54, 1.807) is 36.4 Å². The highest BCUT2D eigenvalue weighted by Gasteiger charge is 2.25. The molecule has 1 fully saturated rings. The van der Waals surface area contributed by atoms with Crippen molar-refractivity contribution in [1.82, 2.24) is 10.2 Å². The summed E-state index contributed by atoms with van der Waals surface area (Å²) in [5.74, 6) is 6.72. The Morgan fingerprint density at radius 1 is 1.04 bits per heavy atom. The number of aromatic nitrogens is 2. The molecular weight excluding hydrogens is 357 g/mol. The van der Waals surface area contributed by atoms with Crippen molar-refractivity contribution in [2.45, 2.75) is 12.5 Å². The number of aromatic hydroxyl groups is 1. The zero-order valence-electron chi connectivity index (χ0n) is 15.0. The molecule has 0 bridgehead atoms. The lowest BCUT2D eigenvalue weighted by molar-refractivity contribution is 0.215. The number of hydrogen-bond donors (Lipinski definition) is 1. The van der Waals surface area contributed by atoms with Crippen LogP contribution >= 0.6 is 0 Å². The van der Waals surface area contributed by atoms with Crippen molar-refractivity contribution in [3.05, 3.63) is 77.7 Å². The predicted molar refractivity (Wildman–Crippen MR) is 104 cm³/mol. The second-order valence-corrected chi connectivity index (χ2v) is 6.48. The third-order valence-corrected chi connectivity index (χ3v) is 4.43. The largest absolute Gasteiger partial charge is 0.508 e. The Bertz CT molecular complexity index is 1030. The molecule has 0 spiro atoms. The van der Waals surface area contributed by atoms with E-state index in [0.29, 0.717) is 17.8 Å². The minimum atomic E-state index is -0.351. The van der Waals surface area contributed by atoms with Gasteiger partial charge in [0, 0.05) is 18.5 Å². The summed E-state index contributed by atoms with van der Waals surface area (Å²) in [5, 5.41) is 17.9. The number of phenolic OH excluding ortho intramolecular Hbond substituents is 1. The van der Waals surface area contributed by atoms with Crippen LogP contribution < -0.4 is 9.64 Å². The van der Waals surface area contributed by atoms with Gasteiger partial charge in [-0.2, -0.15) is 0 Å². The number of para-hydroxylation sites is 1. The van der Waals surface area contributed by atoms with Crippen LogP contribution in [0.3, 0.4) is 0 Å². The van der Waals surface area contributed by atoms with Gasteiger partial charge in [0.05, 0.1) is 6.54 Å². The summed E-state index contributed by atoms with van der Waals surface area (Å²) in [6.45, 7) is 1.39. The normalized spacial score (nSPS) is 15.8. The van der Waals surface area contributed by atoms with E-state index < -0.39 is 0 Å². The molecule has 1 atom stereocenters. The fourth-order valence-electron chi connectivity index (χ4n) is 3.03. The Morgan fingerprint density at radius 2 is 1.93 bits per heavy atom. The molecule has 1 aliphatic rings. The summed E-state index contributed by atoms with van der Waals surface area (Å²) in [7, 11) is 0. The maximum Gasteiger partial charge on any atom is 0.165 e. The molecule has 1 aliphatic heterocycles. The van der Waals surface area contributed by atoms with Crippen LogP contribution in [0.4, 0.5) is 10.2 Å². The summed E-state index contributed by atoms with van der Waals surface area (Å²) >= 11 is 0. The van der Waals surface area contributed by atoms with Gasteiger partial charge in [-0.25, -0.2) is 4.39 Å². The van der Waals surface area contributed by atoms with E-state index in [9.17, 15) is 9.50 Å². The lowest BCUT2D eigenvalue weighted by atomic mass is 10.2. The molecule has 0 aliphatic carbocycles. The minimum absolute atomic E-state index is 0.0936. The van der Waals surface area contributed by atoms with Gasteiger partial charge in [0.2, 0.25) is 0 Å². The van der Waals surface area contributed by atoms with Crippen LogP contribution in [-0.2, 0) is 0 Å². The summed E-state index contributed by atoms with van der Waals surface area (Å²) < 4.78 is 19.5. The first-order valence-corrected chi connectivity index (χ1v) is 8.98. The fourth-order valence-corrected chi connectivity index (χ4v) is 3.03. The van der Waals surface area contributed by atoms with E-state index in [-0.39, 0.29) is 23.4 Å². The molecule has 0 saturated carbocycles. The number of nitrogens with zero attached hydrogens (tertiary/aromatic N) is 3. The Labute approximate surface area is 162 Å². The second kappa shape index (κ2) is 7.97. The molecule has 28 heavy (non-hydrogen) atoms. The van der Waals surface area contributed by atoms with Gasteiger partial charge in [-0.3, -0.25) is 0 Å². The molecule has 4 rings (SSSR count). The molecular formula is C22H18FN3O2. The molecule has 0 amide bonds. The maximum absolute atomic E-state index is 13.7. The van der Waals surface area contributed by atoms with Gasteiger partial charge in [-0.05, 0) is 48.4 Å². The highest BCUT2D eigenvalue weighted by atomic mass is 19.1. The Balaban J connectivity index is 1.39. The standard InChI is InChI=1S/C22H18FN3O2/c23-20-6-1-2-7-21(20)28-19-12-13-26(15-19)22-11-10-17(24-25-22)9-8-16-4-3-5-18(27)14-16/h1-7,10-11,14,19,27H,12-13,15H2/t19-/m1/s1. The van der Waals surface area contributed by atoms with Gasteiger partial charge in [0.15, 0.2) is 17.4 Å². The van der Waals surface area contributed by atoms with Gasteiger partial charge in [0.1, 0.15) is 17.5 Å². The highest BCUT2D eigenvalue weighted by molar-refractivity contribution is 5.45. The van der Waals surface area contributed by atoms with Crippen molar-refractivity contribution in [2.75, 3.05) is 18.0 Å². The molecule has 2 aromatic carbocycles. The third-order valence-electron chi connectivity index (χ3n) is 4.43. The average Bonchev–Trinajstić information content (AvgIpc) is 3.17. The highest BCUT2D eigenvalue weighted by Crippen LogP contribution is 2.23. The molecule has 1 aromatic heterocycles. The third kappa shape index (κ3) is 4.21. The van der Waals surface area contributed by atoms with Crippen LogP contribution in [0.5, 0.6) is 11.5 Å². The fraction of sp³-hybridized carbons (Fsp3) is 0.182. The van der Waals surface area contributed by atoms with E-state index in [2.05, 4.69) is 26.9 Å². The van der Waals surface area contributed by atoms with E-state index in [0.717, 1.165) is 18.8 Å². The number of anilines is 1. The van der Waals surface area contributed by atoms with E-state index >= 15 is 0 Å². The molecule has 0 radical (unpaired) electrons. The lowest BCUT2D eigenvalue weighted by Gasteiger charge is -2.17. The van der Waals surface area contributed by atoms with Crippen LogP contribution in [0.2, 0.25) is 0 Å². The first-order valence-electron chi connectivity index (χ1n) is 8.98. The van der Waals surface area contributed by atoms with Crippen LogP contribution in [-0.4, -0.2) is 34.5 Å². The number of benzene rings is 2. The van der Waals surface area contributed by atoms with Gasteiger partial charge < -0.3 is 14.7 Å². The molecule has 5 nitrogen and oxygen atoms in total. The summed E-state index contributed by atoms with van der Waals surface area (Å²) in [4.78, 5) is 2.06. The lowest BCUT2D eigenvalue weighted by Crippen LogP contribution is -2.25. The Hall–Kier alpha value is -3.59. The topological polar surface area (TPSA) is 58.5 Å². The van der Waals surface area contributed by atoms with E-state index in [1.165, 1.54) is 6.07 Å². The van der Waals surface area contributed by atoms with Crippen molar-refractivity contribution in [1.29, 1.82) is 0 Å². The zero-order valence-corrected chi connectivity index (χ0v) is 15.0. The van der Waals surface area contributed by atoms with Crippen LogP contribution in [0.1, 0.15) is 17.7 Å². The van der Waals surface area contributed by atoms with Crippen molar-refractivity contribution in [3.63, 3.8) is 0 Å². The summed E-state index contributed by atoms with van der Waals surface area (Å²) in [6, 6.07) is 16.8. The Morgan fingerprint density at radius 3 is 2.71 bits per heavy atom. The molecule has 3 aromatic rings.